The summed E-state index contributed by atoms with van der Waals surface area (Å²) in [5.74, 6) is 0.213. The van der Waals surface area contributed by atoms with E-state index in [0.717, 1.165) is 5.69 Å². The average molecular weight is 282 g/mol. The van der Waals surface area contributed by atoms with E-state index in [1.807, 2.05) is 12.1 Å². The second-order valence-electron chi connectivity index (χ2n) is 3.85. The van der Waals surface area contributed by atoms with Gasteiger partial charge in [-0.05, 0) is 24.3 Å². The van der Waals surface area contributed by atoms with Crippen LogP contribution in [0, 0.1) is 0 Å². The van der Waals surface area contributed by atoms with Gasteiger partial charge in [-0.3, -0.25) is 4.98 Å². The molecule has 102 valence electrons. The Morgan fingerprint density at radius 3 is 2.74 bits per heavy atom. The van der Waals surface area contributed by atoms with Crippen molar-refractivity contribution in [2.45, 2.75) is 18.1 Å². The molecule has 0 bridgehead atoms. The molecule has 0 radical (unpaired) electrons. The first-order chi connectivity index (χ1) is 9.12. The van der Waals surface area contributed by atoms with Crippen LogP contribution in [0.2, 0.25) is 0 Å². The Morgan fingerprint density at radius 2 is 2.11 bits per heavy atom. The molecule has 0 amide bonds. The van der Waals surface area contributed by atoms with Gasteiger partial charge in [0.25, 0.3) is 10.0 Å². The Labute approximate surface area is 111 Å². The predicted molar refractivity (Wildman–Crippen MR) is 67.8 cm³/mol. The summed E-state index contributed by atoms with van der Waals surface area (Å²) in [6, 6.07) is 8.21. The highest BCUT2D eigenvalue weighted by atomic mass is 32.2. The summed E-state index contributed by atoms with van der Waals surface area (Å²) in [4.78, 5) is 4.10. The Bertz CT molecular complexity index is 622. The van der Waals surface area contributed by atoms with Crippen molar-refractivity contribution in [2.24, 2.45) is 0 Å². The van der Waals surface area contributed by atoms with E-state index in [1.54, 1.807) is 12.3 Å². The van der Waals surface area contributed by atoms with Crippen LogP contribution >= 0.6 is 0 Å². The van der Waals surface area contributed by atoms with Crippen molar-refractivity contribution in [3.8, 4) is 0 Å². The lowest BCUT2D eigenvalue weighted by atomic mass is 10.3. The molecule has 0 saturated heterocycles. The van der Waals surface area contributed by atoms with Crippen LogP contribution in [0.1, 0.15) is 11.5 Å². The largest absolute Gasteiger partial charge is 0.446 e. The topological polar surface area (TPSA) is 92.4 Å². The minimum atomic E-state index is -3.68. The highest BCUT2D eigenvalue weighted by molar-refractivity contribution is 7.89. The number of hydrogen-bond acceptors (Lipinski definition) is 5. The first kappa shape index (κ1) is 13.7. The molecule has 7 heteroatoms. The molecule has 2 rings (SSSR count). The van der Waals surface area contributed by atoms with Crippen LogP contribution in [0.5, 0.6) is 0 Å². The van der Waals surface area contributed by atoms with Crippen molar-refractivity contribution < 1.29 is 17.9 Å². The predicted octanol–water partition coefficient (Wildman–Crippen LogP) is 0.688. The normalized spacial score (nSPS) is 11.6. The van der Waals surface area contributed by atoms with E-state index in [0.29, 0.717) is 6.42 Å². The number of aliphatic hydroxyl groups excluding tert-OH is 1. The third-order valence-electron chi connectivity index (χ3n) is 2.46. The molecule has 0 aromatic carbocycles. The van der Waals surface area contributed by atoms with Gasteiger partial charge in [0.2, 0.25) is 5.09 Å². The smallest absolute Gasteiger partial charge is 0.273 e. The van der Waals surface area contributed by atoms with E-state index < -0.39 is 10.0 Å². The Hall–Kier alpha value is -1.70. The molecule has 2 aromatic rings. The summed E-state index contributed by atoms with van der Waals surface area (Å²) in [7, 11) is -3.68. The van der Waals surface area contributed by atoms with Gasteiger partial charge in [0, 0.05) is 24.9 Å². The van der Waals surface area contributed by atoms with Crippen molar-refractivity contribution in [3.05, 3.63) is 48.0 Å². The number of hydrogen-bond donors (Lipinski definition) is 2. The molecule has 6 nitrogen and oxygen atoms in total. The fourth-order valence-corrected chi connectivity index (χ4v) is 2.50. The van der Waals surface area contributed by atoms with Gasteiger partial charge in [-0.25, -0.2) is 13.1 Å². The Morgan fingerprint density at radius 1 is 1.26 bits per heavy atom. The minimum absolute atomic E-state index is 0.197. The standard InChI is InChI=1S/C12H14N2O4S/c15-9-11-4-5-12(18-11)19(16,17)14-8-6-10-3-1-2-7-13-10/h1-5,7,14-15H,6,8-9H2. The molecular formula is C12H14N2O4S. The molecular weight excluding hydrogens is 268 g/mol. The third-order valence-corrected chi connectivity index (χ3v) is 3.79. The average Bonchev–Trinajstić information content (AvgIpc) is 2.89. The SMILES string of the molecule is O=S(=O)(NCCc1ccccn1)c1ccc(CO)o1. The van der Waals surface area contributed by atoms with Gasteiger partial charge in [-0.1, -0.05) is 6.07 Å². The molecule has 0 unspecified atom stereocenters. The van der Waals surface area contributed by atoms with Crippen LogP contribution < -0.4 is 4.72 Å². The van der Waals surface area contributed by atoms with Gasteiger partial charge in [-0.2, -0.15) is 0 Å². The van der Waals surface area contributed by atoms with Crippen LogP contribution in [0.4, 0.5) is 0 Å². The zero-order valence-electron chi connectivity index (χ0n) is 10.1. The summed E-state index contributed by atoms with van der Waals surface area (Å²) in [5.41, 5.74) is 0.806. The minimum Gasteiger partial charge on any atom is -0.446 e. The van der Waals surface area contributed by atoms with Crippen LogP contribution in [-0.2, 0) is 23.1 Å². The second kappa shape index (κ2) is 5.96. The Balaban J connectivity index is 1.94. The first-order valence-corrected chi connectivity index (χ1v) is 7.19. The molecule has 2 aromatic heterocycles. The van der Waals surface area contributed by atoms with Crippen molar-refractivity contribution in [1.29, 1.82) is 0 Å². The fourth-order valence-electron chi connectivity index (χ4n) is 1.52. The molecule has 2 N–H and O–H groups in total. The zero-order valence-corrected chi connectivity index (χ0v) is 10.9. The molecule has 0 aliphatic heterocycles. The van der Waals surface area contributed by atoms with Crippen LogP contribution in [0.25, 0.3) is 0 Å². The maximum Gasteiger partial charge on any atom is 0.273 e. The van der Waals surface area contributed by atoms with Gasteiger partial charge in [0.1, 0.15) is 12.4 Å². The van der Waals surface area contributed by atoms with Crippen molar-refractivity contribution in [3.63, 3.8) is 0 Å². The van der Waals surface area contributed by atoms with Crippen LogP contribution in [-0.4, -0.2) is 25.1 Å². The number of furan rings is 1. The molecule has 0 aliphatic rings. The van der Waals surface area contributed by atoms with E-state index in [-0.39, 0.29) is 24.0 Å². The number of rotatable bonds is 6. The summed E-state index contributed by atoms with van der Waals surface area (Å²) in [5, 5.41) is 8.63. The van der Waals surface area contributed by atoms with Gasteiger partial charge < -0.3 is 9.52 Å². The highest BCUT2D eigenvalue weighted by Crippen LogP contribution is 2.13. The second-order valence-corrected chi connectivity index (χ2v) is 5.55. The third kappa shape index (κ3) is 3.63. The molecule has 0 aliphatic carbocycles. The molecule has 0 spiro atoms. The lowest BCUT2D eigenvalue weighted by Gasteiger charge is -2.03. The maximum absolute atomic E-state index is 11.8. The van der Waals surface area contributed by atoms with Gasteiger partial charge in [0.15, 0.2) is 0 Å². The number of sulfonamides is 1. The van der Waals surface area contributed by atoms with E-state index in [2.05, 4.69) is 9.71 Å². The lowest BCUT2D eigenvalue weighted by molar-refractivity contribution is 0.236. The molecule has 0 saturated carbocycles. The Kier molecular flexibility index (Phi) is 4.31. The first-order valence-electron chi connectivity index (χ1n) is 5.71. The number of aromatic nitrogens is 1. The number of pyridine rings is 1. The maximum atomic E-state index is 11.8. The number of nitrogens with one attached hydrogen (secondary N) is 1. The number of aliphatic hydroxyl groups is 1. The van der Waals surface area contributed by atoms with Gasteiger partial charge >= 0.3 is 0 Å². The highest BCUT2D eigenvalue weighted by Gasteiger charge is 2.17. The van der Waals surface area contributed by atoms with Crippen molar-refractivity contribution in [1.82, 2.24) is 9.71 Å². The van der Waals surface area contributed by atoms with Crippen LogP contribution in [0.15, 0.2) is 46.0 Å². The summed E-state index contributed by atoms with van der Waals surface area (Å²) in [6.07, 6.45) is 2.15. The summed E-state index contributed by atoms with van der Waals surface area (Å²) in [6.45, 7) is -0.0992. The fraction of sp³-hybridized carbons (Fsp3) is 0.250. The van der Waals surface area contributed by atoms with E-state index in [1.165, 1.54) is 12.1 Å². The molecule has 0 fully saturated rings. The van der Waals surface area contributed by atoms with Gasteiger partial charge in [-0.15, -0.1) is 0 Å². The van der Waals surface area contributed by atoms with Crippen molar-refractivity contribution in [2.75, 3.05) is 6.54 Å². The molecule has 2 heterocycles. The van der Waals surface area contributed by atoms with E-state index in [9.17, 15) is 8.42 Å². The molecule has 19 heavy (non-hydrogen) atoms. The van der Waals surface area contributed by atoms with Crippen molar-refractivity contribution >= 4 is 10.0 Å². The van der Waals surface area contributed by atoms with Crippen LogP contribution in [0.3, 0.4) is 0 Å². The van der Waals surface area contributed by atoms with E-state index in [4.69, 9.17) is 9.52 Å². The number of nitrogens with zero attached hydrogens (tertiary/aromatic N) is 1. The summed E-state index contributed by atoms with van der Waals surface area (Å²) < 4.78 is 31.1. The molecule has 0 atom stereocenters. The summed E-state index contributed by atoms with van der Waals surface area (Å²) >= 11 is 0. The van der Waals surface area contributed by atoms with Gasteiger partial charge in [0.05, 0.1) is 0 Å². The lowest BCUT2D eigenvalue weighted by Crippen LogP contribution is -2.25. The monoisotopic (exact) mass is 282 g/mol. The van der Waals surface area contributed by atoms with E-state index >= 15 is 0 Å². The zero-order chi connectivity index (χ0) is 13.7. The quantitative estimate of drug-likeness (QED) is 0.813.